The molecule has 0 spiro atoms. The molecule has 138 valence electrons. The zero-order valence-corrected chi connectivity index (χ0v) is 17.8. The molecule has 0 aromatic heterocycles. The van der Waals surface area contributed by atoms with Gasteiger partial charge in [0.15, 0.2) is 0 Å². The van der Waals surface area contributed by atoms with Crippen LogP contribution in [0.3, 0.4) is 0 Å². The fraction of sp³-hybridized carbons (Fsp3) is 0.0909. The molecule has 4 aromatic carbocycles. The summed E-state index contributed by atoms with van der Waals surface area (Å²) in [5.41, 5.74) is 1.67. The lowest BCUT2D eigenvalue weighted by Crippen LogP contribution is -1.98. The van der Waals surface area contributed by atoms with Gasteiger partial charge in [-0.05, 0) is 33.2 Å². The summed E-state index contributed by atoms with van der Waals surface area (Å²) in [6.07, 6.45) is 0. The monoisotopic (exact) mass is 454 g/mol. The Morgan fingerprint density at radius 3 is 1.85 bits per heavy atom. The summed E-state index contributed by atoms with van der Waals surface area (Å²) < 4.78 is -1.34. The van der Waals surface area contributed by atoms with E-state index in [0.717, 1.165) is 21.7 Å². The topological polar surface area (TPSA) is 0 Å². The molecule has 0 aliphatic rings. The molecule has 4 rings (SSSR count). The summed E-state index contributed by atoms with van der Waals surface area (Å²) >= 11 is 29.1. The zero-order valence-electron chi connectivity index (χ0n) is 14.1. The number of hydrogen-bond acceptors (Lipinski definition) is 0. The molecule has 0 fully saturated rings. The Morgan fingerprint density at radius 1 is 0.593 bits per heavy atom. The molecule has 4 aromatic rings. The first-order valence-electron chi connectivity index (χ1n) is 8.18. The summed E-state index contributed by atoms with van der Waals surface area (Å²) in [6.45, 7) is 0. The highest BCUT2D eigenvalue weighted by atomic mass is 35.6. The third-order valence-electron chi connectivity index (χ3n) is 4.14. The first-order chi connectivity index (χ1) is 12.9. The largest absolute Gasteiger partial charge is 0.216 e. The van der Waals surface area contributed by atoms with Gasteiger partial charge in [-0.2, -0.15) is 0 Å². The van der Waals surface area contributed by atoms with Gasteiger partial charge >= 0.3 is 0 Å². The Bertz CT molecular complexity index is 1050. The van der Waals surface area contributed by atoms with Crippen molar-refractivity contribution in [2.24, 2.45) is 0 Å². The van der Waals surface area contributed by atoms with Crippen LogP contribution < -0.4 is 0 Å². The molecule has 0 aliphatic heterocycles. The normalized spacial score (nSPS) is 11.5. The van der Waals surface area contributed by atoms with E-state index in [2.05, 4.69) is 12.1 Å². The highest BCUT2D eigenvalue weighted by Crippen LogP contribution is 2.39. The lowest BCUT2D eigenvalue weighted by Gasteiger charge is -2.11. The van der Waals surface area contributed by atoms with Crippen molar-refractivity contribution in [3.05, 3.63) is 96.1 Å². The maximum absolute atomic E-state index is 5.85. The maximum Gasteiger partial charge on any atom is 0.216 e. The van der Waals surface area contributed by atoms with Gasteiger partial charge in [0.1, 0.15) is 4.84 Å². The maximum atomic E-state index is 5.85. The number of alkyl halides is 5. The number of rotatable bonds is 1. The zero-order chi connectivity index (χ0) is 19.4. The second-order valence-electron chi connectivity index (χ2n) is 5.93. The smallest absolute Gasteiger partial charge is 0.100 e. The lowest BCUT2D eigenvalue weighted by molar-refractivity contribution is 1.25. The van der Waals surface area contributed by atoms with Crippen molar-refractivity contribution < 1.29 is 0 Å². The molecule has 0 saturated carbocycles. The molecule has 0 amide bonds. The SMILES string of the molecule is ClC(Cl)(Cl)c1ccc2ccccc2c1.ClC(Cl)c1cccc2ccccc12. The Morgan fingerprint density at radius 2 is 1.19 bits per heavy atom. The van der Waals surface area contributed by atoms with Crippen LogP contribution in [0.2, 0.25) is 0 Å². The van der Waals surface area contributed by atoms with E-state index in [0.29, 0.717) is 5.56 Å². The number of hydrogen-bond donors (Lipinski definition) is 0. The van der Waals surface area contributed by atoms with Gasteiger partial charge in [-0.3, -0.25) is 0 Å². The van der Waals surface area contributed by atoms with E-state index in [9.17, 15) is 0 Å². The average Bonchev–Trinajstić information content (AvgIpc) is 2.67. The van der Waals surface area contributed by atoms with E-state index >= 15 is 0 Å². The summed E-state index contributed by atoms with van der Waals surface area (Å²) in [5, 5.41) is 4.52. The van der Waals surface area contributed by atoms with Gasteiger partial charge in [0.25, 0.3) is 0 Å². The minimum atomic E-state index is -1.34. The Kier molecular flexibility index (Phi) is 6.78. The molecular formula is C22H15Cl5. The minimum absolute atomic E-state index is 0.453. The highest BCUT2D eigenvalue weighted by molar-refractivity contribution is 6.66. The van der Waals surface area contributed by atoms with Gasteiger partial charge in [0.2, 0.25) is 3.79 Å². The number of halogens is 5. The molecule has 0 saturated heterocycles. The van der Waals surface area contributed by atoms with Gasteiger partial charge < -0.3 is 0 Å². The van der Waals surface area contributed by atoms with Crippen LogP contribution in [-0.4, -0.2) is 0 Å². The molecule has 0 N–H and O–H groups in total. The molecule has 5 heteroatoms. The van der Waals surface area contributed by atoms with Crippen molar-refractivity contribution in [1.82, 2.24) is 0 Å². The standard InChI is InChI=1S/C11H7Cl3.C11H8Cl2/c12-11(13,14)10-6-5-8-3-1-2-4-9(8)7-10;12-11(13)10-7-3-5-8-4-1-2-6-9(8)10/h1-7H;1-7,11H. The lowest BCUT2D eigenvalue weighted by atomic mass is 10.1. The third-order valence-corrected chi connectivity index (χ3v) is 5.26. The van der Waals surface area contributed by atoms with Crippen molar-refractivity contribution in [2.75, 3.05) is 0 Å². The first-order valence-corrected chi connectivity index (χ1v) is 10.2. The van der Waals surface area contributed by atoms with E-state index in [-0.39, 0.29) is 0 Å². The fourth-order valence-electron chi connectivity index (χ4n) is 2.81. The molecule has 0 aliphatic carbocycles. The Hall–Kier alpha value is -1.15. The van der Waals surface area contributed by atoms with Gasteiger partial charge in [-0.15, -0.1) is 23.2 Å². The van der Waals surface area contributed by atoms with Crippen LogP contribution in [0.25, 0.3) is 21.5 Å². The molecular weight excluding hydrogens is 442 g/mol. The van der Waals surface area contributed by atoms with Gasteiger partial charge in [0.05, 0.1) is 0 Å². The van der Waals surface area contributed by atoms with E-state index in [1.165, 1.54) is 5.39 Å². The average molecular weight is 457 g/mol. The molecule has 27 heavy (non-hydrogen) atoms. The fourth-order valence-corrected chi connectivity index (χ4v) is 3.54. The molecule has 0 heterocycles. The summed E-state index contributed by atoms with van der Waals surface area (Å²) in [6, 6.07) is 27.7. The summed E-state index contributed by atoms with van der Waals surface area (Å²) in [4.78, 5) is -0.453. The molecule has 0 radical (unpaired) electrons. The number of benzene rings is 4. The van der Waals surface area contributed by atoms with Gasteiger partial charge in [-0.25, -0.2) is 0 Å². The van der Waals surface area contributed by atoms with Crippen LogP contribution in [0.5, 0.6) is 0 Å². The Labute approximate surface area is 183 Å². The number of fused-ring (bicyclic) bond motifs is 2. The highest BCUT2D eigenvalue weighted by Gasteiger charge is 2.22. The van der Waals surface area contributed by atoms with Crippen LogP contribution in [0.15, 0.2) is 84.9 Å². The van der Waals surface area contributed by atoms with Gasteiger partial charge in [0, 0.05) is 5.56 Å². The van der Waals surface area contributed by atoms with E-state index in [1.54, 1.807) is 0 Å². The first kappa shape index (κ1) is 20.6. The van der Waals surface area contributed by atoms with E-state index in [1.807, 2.05) is 72.8 Å². The van der Waals surface area contributed by atoms with Crippen molar-refractivity contribution >= 4 is 79.5 Å². The molecule has 0 unspecified atom stereocenters. The minimum Gasteiger partial charge on any atom is -0.100 e. The Balaban J connectivity index is 0.000000156. The predicted octanol–water partition coefficient (Wildman–Crippen LogP) is 8.98. The van der Waals surface area contributed by atoms with Crippen LogP contribution in [0.4, 0.5) is 0 Å². The summed E-state index contributed by atoms with van der Waals surface area (Å²) in [5.74, 6) is 0. The molecule has 0 bridgehead atoms. The molecule has 0 atom stereocenters. The van der Waals surface area contributed by atoms with Crippen molar-refractivity contribution in [3.63, 3.8) is 0 Å². The quantitative estimate of drug-likeness (QED) is 0.251. The van der Waals surface area contributed by atoms with Crippen molar-refractivity contribution in [1.29, 1.82) is 0 Å². The van der Waals surface area contributed by atoms with Crippen molar-refractivity contribution in [2.45, 2.75) is 8.63 Å². The predicted molar refractivity (Wildman–Crippen MR) is 122 cm³/mol. The third kappa shape index (κ3) is 5.22. The van der Waals surface area contributed by atoms with Crippen LogP contribution in [0.1, 0.15) is 16.0 Å². The summed E-state index contributed by atoms with van der Waals surface area (Å²) in [7, 11) is 0. The second kappa shape index (κ2) is 8.90. The van der Waals surface area contributed by atoms with Crippen LogP contribution >= 0.6 is 58.0 Å². The van der Waals surface area contributed by atoms with E-state index in [4.69, 9.17) is 58.0 Å². The van der Waals surface area contributed by atoms with Gasteiger partial charge in [-0.1, -0.05) is 114 Å². The van der Waals surface area contributed by atoms with E-state index < -0.39 is 8.63 Å². The second-order valence-corrected chi connectivity index (χ2v) is 9.31. The van der Waals surface area contributed by atoms with Crippen LogP contribution in [0, 0.1) is 0 Å². The van der Waals surface area contributed by atoms with Crippen LogP contribution in [-0.2, 0) is 3.79 Å². The van der Waals surface area contributed by atoms with Crippen molar-refractivity contribution in [3.8, 4) is 0 Å². The molecule has 0 nitrogen and oxygen atoms in total.